The first-order valence-corrected chi connectivity index (χ1v) is 9.58. The number of nitrogens with two attached hydrogens (primary N) is 1. The average Bonchev–Trinajstić information content (AvgIpc) is 3.28. The van der Waals surface area contributed by atoms with Gasteiger partial charge in [0, 0.05) is 34.1 Å². The first-order chi connectivity index (χ1) is 13.5. The van der Waals surface area contributed by atoms with E-state index in [4.69, 9.17) is 10.2 Å². The molecule has 4 aromatic rings. The number of benzene rings is 1. The molecule has 0 fully saturated rings. The van der Waals surface area contributed by atoms with E-state index < -0.39 is 17.3 Å². The summed E-state index contributed by atoms with van der Waals surface area (Å²) in [7, 11) is 0. The van der Waals surface area contributed by atoms with E-state index in [-0.39, 0.29) is 18.2 Å². The molecule has 0 bridgehead atoms. The Morgan fingerprint density at radius 3 is 2.79 bits per heavy atom. The number of H-pyrrole nitrogens is 3. The standard InChI is InChI=1S/C18H18N6O3S.ClH/c1-9-12(15(25)22-17(26)21-9)8-28-18-24-23-16(27-18)13(19)6-10-7-20-14-5-3-2-4-11(10)14;/h2-5,7,13,20H,6,8,19H2,1H3,(H2,21,22,25,26);1H/t13-;/m0./s1. The highest BCUT2D eigenvalue weighted by atomic mass is 35.5. The highest BCUT2D eigenvalue weighted by Gasteiger charge is 2.18. The summed E-state index contributed by atoms with van der Waals surface area (Å²) in [4.78, 5) is 31.1. The second-order valence-electron chi connectivity index (χ2n) is 6.38. The second kappa shape index (κ2) is 8.68. The van der Waals surface area contributed by atoms with Gasteiger partial charge in [0.1, 0.15) is 0 Å². The average molecular weight is 435 g/mol. The third-order valence-electron chi connectivity index (χ3n) is 4.45. The number of rotatable bonds is 6. The van der Waals surface area contributed by atoms with E-state index >= 15 is 0 Å². The maximum atomic E-state index is 11.9. The molecule has 1 aromatic carbocycles. The van der Waals surface area contributed by atoms with Crippen molar-refractivity contribution in [2.75, 3.05) is 0 Å². The largest absolute Gasteiger partial charge is 0.414 e. The van der Waals surface area contributed by atoms with E-state index in [1.165, 1.54) is 11.8 Å². The maximum Gasteiger partial charge on any atom is 0.325 e. The van der Waals surface area contributed by atoms with Gasteiger partial charge in [-0.2, -0.15) is 0 Å². The number of aromatic amines is 3. The summed E-state index contributed by atoms with van der Waals surface area (Å²) in [6.45, 7) is 1.67. The number of nitrogens with zero attached hydrogens (tertiary/aromatic N) is 2. The lowest BCUT2D eigenvalue weighted by molar-refractivity contribution is 0.385. The molecule has 5 N–H and O–H groups in total. The topological polar surface area (TPSA) is 146 Å². The Labute approximate surface area is 174 Å². The number of aryl methyl sites for hydroxylation is 1. The van der Waals surface area contributed by atoms with Crippen LogP contribution in [0.5, 0.6) is 0 Å². The van der Waals surface area contributed by atoms with Gasteiger partial charge < -0.3 is 20.1 Å². The fraction of sp³-hybridized carbons (Fsp3) is 0.222. The Hall–Kier alpha value is -2.82. The maximum absolute atomic E-state index is 11.9. The molecule has 11 heteroatoms. The van der Waals surface area contributed by atoms with Gasteiger partial charge in [0.2, 0.25) is 5.89 Å². The number of halogens is 1. The third-order valence-corrected chi connectivity index (χ3v) is 5.29. The monoisotopic (exact) mass is 434 g/mol. The first-order valence-electron chi connectivity index (χ1n) is 8.60. The predicted molar refractivity (Wildman–Crippen MR) is 112 cm³/mol. The molecule has 3 aromatic heterocycles. The molecule has 0 aliphatic heterocycles. The second-order valence-corrected chi connectivity index (χ2v) is 7.30. The van der Waals surface area contributed by atoms with Gasteiger partial charge in [-0.1, -0.05) is 30.0 Å². The molecule has 0 aliphatic carbocycles. The summed E-state index contributed by atoms with van der Waals surface area (Å²) in [6, 6.07) is 7.55. The molecule has 29 heavy (non-hydrogen) atoms. The lowest BCUT2D eigenvalue weighted by atomic mass is 10.1. The normalized spacial score (nSPS) is 12.1. The van der Waals surface area contributed by atoms with Crippen LogP contribution in [0, 0.1) is 6.92 Å². The smallest absolute Gasteiger partial charge is 0.325 e. The van der Waals surface area contributed by atoms with Crippen LogP contribution in [0.4, 0.5) is 0 Å². The minimum absolute atomic E-state index is 0. The van der Waals surface area contributed by atoms with Crippen LogP contribution in [0.15, 0.2) is 49.7 Å². The van der Waals surface area contributed by atoms with Crippen LogP contribution < -0.4 is 17.0 Å². The van der Waals surface area contributed by atoms with Gasteiger partial charge in [0.15, 0.2) is 0 Å². The number of fused-ring (bicyclic) bond motifs is 1. The van der Waals surface area contributed by atoms with Crippen LogP contribution in [0.25, 0.3) is 10.9 Å². The van der Waals surface area contributed by atoms with Gasteiger partial charge in [-0.25, -0.2) is 4.79 Å². The number of thioether (sulfide) groups is 1. The van der Waals surface area contributed by atoms with Gasteiger partial charge in [0.25, 0.3) is 10.8 Å². The van der Waals surface area contributed by atoms with Crippen LogP contribution in [-0.2, 0) is 12.2 Å². The molecule has 3 heterocycles. The number of para-hydroxylation sites is 1. The lowest BCUT2D eigenvalue weighted by Crippen LogP contribution is -2.26. The van der Waals surface area contributed by atoms with Crippen molar-refractivity contribution < 1.29 is 4.42 Å². The van der Waals surface area contributed by atoms with Crippen LogP contribution in [0.2, 0.25) is 0 Å². The minimum Gasteiger partial charge on any atom is -0.414 e. The van der Waals surface area contributed by atoms with Crippen molar-refractivity contribution in [2.45, 2.75) is 30.4 Å². The van der Waals surface area contributed by atoms with Crippen molar-refractivity contribution in [1.82, 2.24) is 25.1 Å². The molecule has 0 amide bonds. The molecule has 0 saturated carbocycles. The van der Waals surface area contributed by atoms with Gasteiger partial charge in [-0.3, -0.25) is 9.78 Å². The first kappa shape index (κ1) is 20.9. The minimum atomic E-state index is -0.528. The summed E-state index contributed by atoms with van der Waals surface area (Å²) in [5.74, 6) is 0.622. The van der Waals surface area contributed by atoms with Gasteiger partial charge >= 0.3 is 5.69 Å². The van der Waals surface area contributed by atoms with E-state index in [1.54, 1.807) is 6.92 Å². The van der Waals surface area contributed by atoms with Crippen molar-refractivity contribution >= 4 is 35.1 Å². The number of hydrogen-bond acceptors (Lipinski definition) is 7. The highest BCUT2D eigenvalue weighted by Crippen LogP contribution is 2.25. The van der Waals surface area contributed by atoms with Crippen molar-refractivity contribution in [3.8, 4) is 0 Å². The zero-order chi connectivity index (χ0) is 19.7. The fourth-order valence-electron chi connectivity index (χ4n) is 2.99. The van der Waals surface area contributed by atoms with Crippen LogP contribution in [0.1, 0.15) is 28.8 Å². The summed E-state index contributed by atoms with van der Waals surface area (Å²) in [5, 5.41) is 9.45. The lowest BCUT2D eigenvalue weighted by Gasteiger charge is -2.06. The summed E-state index contributed by atoms with van der Waals surface area (Å²) in [5.41, 5.74) is 8.38. The fourth-order valence-corrected chi connectivity index (χ4v) is 3.85. The zero-order valence-corrected chi connectivity index (χ0v) is 17.0. The van der Waals surface area contributed by atoms with Gasteiger partial charge in [-0.05, 0) is 25.0 Å². The molecule has 0 saturated heterocycles. The SMILES string of the molecule is Cc1[nH]c(=O)[nH]c(=O)c1CSc1nnc([C@@H](N)Cc2c[nH]c3ccccc23)o1.Cl. The molecule has 1 atom stereocenters. The predicted octanol–water partition coefficient (Wildman–Crippen LogP) is 2.19. The number of nitrogens with one attached hydrogen (secondary N) is 3. The Kier molecular flexibility index (Phi) is 6.26. The molecule has 0 radical (unpaired) electrons. The van der Waals surface area contributed by atoms with E-state index in [0.29, 0.717) is 28.8 Å². The van der Waals surface area contributed by atoms with Crippen molar-refractivity contribution in [2.24, 2.45) is 5.73 Å². The molecular formula is C18H19ClN6O3S. The van der Waals surface area contributed by atoms with Crippen LogP contribution >= 0.6 is 24.2 Å². The molecule has 0 spiro atoms. The van der Waals surface area contributed by atoms with Crippen LogP contribution in [0.3, 0.4) is 0 Å². The molecule has 9 nitrogen and oxygen atoms in total. The van der Waals surface area contributed by atoms with Crippen molar-refractivity contribution in [3.05, 3.63) is 74.0 Å². The number of hydrogen-bond donors (Lipinski definition) is 4. The molecule has 0 aliphatic rings. The molecule has 152 valence electrons. The zero-order valence-electron chi connectivity index (χ0n) is 15.4. The molecule has 0 unspecified atom stereocenters. The van der Waals surface area contributed by atoms with Crippen molar-refractivity contribution in [1.29, 1.82) is 0 Å². The highest BCUT2D eigenvalue weighted by molar-refractivity contribution is 7.98. The summed E-state index contributed by atoms with van der Waals surface area (Å²) < 4.78 is 5.65. The quantitative estimate of drug-likeness (QED) is 0.340. The molecule has 4 rings (SSSR count). The Morgan fingerprint density at radius 1 is 1.21 bits per heavy atom. The Bertz CT molecular complexity index is 1240. The van der Waals surface area contributed by atoms with Gasteiger partial charge in [-0.15, -0.1) is 22.6 Å². The summed E-state index contributed by atoms with van der Waals surface area (Å²) in [6.07, 6.45) is 2.48. The molecular weight excluding hydrogens is 416 g/mol. The van der Waals surface area contributed by atoms with E-state index in [2.05, 4.69) is 25.1 Å². The Morgan fingerprint density at radius 2 is 2.00 bits per heavy atom. The van der Waals surface area contributed by atoms with Crippen LogP contribution in [-0.4, -0.2) is 25.1 Å². The van der Waals surface area contributed by atoms with Crippen molar-refractivity contribution in [3.63, 3.8) is 0 Å². The number of aromatic nitrogens is 5. The van der Waals surface area contributed by atoms with E-state index in [9.17, 15) is 9.59 Å². The Balaban J connectivity index is 0.00000240. The van der Waals surface area contributed by atoms with Gasteiger partial charge in [0.05, 0.1) is 6.04 Å². The third kappa shape index (κ3) is 4.44. The van der Waals surface area contributed by atoms with E-state index in [0.717, 1.165) is 16.5 Å². The van der Waals surface area contributed by atoms with E-state index in [1.807, 2.05) is 30.5 Å². The summed E-state index contributed by atoms with van der Waals surface area (Å²) >= 11 is 1.21.